The number of carbonyl (C=O) groups excluding carboxylic acids is 2. The van der Waals surface area contributed by atoms with E-state index in [1.54, 1.807) is 98.7 Å². The van der Waals surface area contributed by atoms with Gasteiger partial charge in [-0.1, -0.05) is 18.2 Å². The Hall–Kier alpha value is -4.63. The van der Waals surface area contributed by atoms with Crippen molar-refractivity contribution in [3.63, 3.8) is 0 Å². The lowest BCUT2D eigenvalue weighted by Gasteiger charge is -2.27. The first-order valence-electron chi connectivity index (χ1n) is 13.1. The third-order valence-corrected chi connectivity index (χ3v) is 6.55. The summed E-state index contributed by atoms with van der Waals surface area (Å²) in [5, 5.41) is 8.78. The van der Waals surface area contributed by atoms with Crippen LogP contribution in [0.3, 0.4) is 0 Å². The highest BCUT2D eigenvalue weighted by molar-refractivity contribution is 7.81. The van der Waals surface area contributed by atoms with E-state index in [0.29, 0.717) is 33.8 Å². The molecule has 14 heteroatoms. The smallest absolute Gasteiger partial charge is 0.238 e. The van der Waals surface area contributed by atoms with Gasteiger partial charge in [0, 0.05) is 29.2 Å². The number of nitrogens with one attached hydrogen (secondary N) is 3. The van der Waals surface area contributed by atoms with Gasteiger partial charge in [0.1, 0.15) is 5.75 Å². The van der Waals surface area contributed by atoms with Gasteiger partial charge < -0.3 is 35.0 Å². The molecular formula is C29H33N8O5S-. The number of ether oxygens (including phenoxy) is 1. The molecule has 1 unspecified atom stereocenters. The number of aromatic nitrogens is 2. The molecule has 43 heavy (non-hydrogen) atoms. The Labute approximate surface area is 252 Å². The topological polar surface area (TPSA) is 155 Å². The van der Waals surface area contributed by atoms with E-state index in [9.17, 15) is 18.4 Å². The molecule has 0 radical (unpaired) electrons. The van der Waals surface area contributed by atoms with Gasteiger partial charge in [0.15, 0.2) is 11.6 Å². The monoisotopic (exact) mass is 605 g/mol. The quantitative estimate of drug-likeness (QED) is 0.205. The number of anilines is 6. The number of para-hydroxylation sites is 2. The lowest BCUT2D eigenvalue weighted by atomic mass is 10.2. The molecule has 0 fully saturated rings. The van der Waals surface area contributed by atoms with Crippen LogP contribution in [0, 0.1) is 0 Å². The molecule has 3 aromatic carbocycles. The molecule has 226 valence electrons. The van der Waals surface area contributed by atoms with Gasteiger partial charge in [-0.05, 0) is 64.6 Å². The molecule has 0 aliphatic rings. The fraction of sp³-hybridized carbons (Fsp3) is 0.241. The van der Waals surface area contributed by atoms with Crippen molar-refractivity contribution in [2.75, 3.05) is 68.6 Å². The molecule has 1 aromatic heterocycles. The lowest BCUT2D eigenvalue weighted by Crippen LogP contribution is -2.27. The number of amides is 2. The minimum absolute atomic E-state index is 0.00943. The molecule has 1 heterocycles. The zero-order valence-corrected chi connectivity index (χ0v) is 25.3. The molecule has 0 aliphatic heterocycles. The van der Waals surface area contributed by atoms with E-state index in [2.05, 4.69) is 25.9 Å². The number of rotatable bonds is 12. The molecule has 13 nitrogen and oxygen atoms in total. The Morgan fingerprint density at radius 2 is 1.42 bits per heavy atom. The van der Waals surface area contributed by atoms with E-state index < -0.39 is 11.3 Å². The maximum Gasteiger partial charge on any atom is 0.238 e. The predicted octanol–water partition coefficient (Wildman–Crippen LogP) is 3.31. The highest BCUT2D eigenvalue weighted by atomic mass is 32.2. The van der Waals surface area contributed by atoms with Crippen LogP contribution in [0.5, 0.6) is 5.75 Å². The van der Waals surface area contributed by atoms with Crippen molar-refractivity contribution in [1.29, 1.82) is 0 Å². The highest BCUT2D eigenvalue weighted by Gasteiger charge is 2.21. The molecule has 1 atom stereocenters. The second-order valence-corrected chi connectivity index (χ2v) is 10.9. The normalized spacial score (nSPS) is 11.8. The number of carbonyl (C=O) groups is 2. The van der Waals surface area contributed by atoms with Crippen molar-refractivity contribution >= 4 is 68.5 Å². The van der Waals surface area contributed by atoms with Crippen LogP contribution in [0.4, 0.5) is 34.4 Å². The summed E-state index contributed by atoms with van der Waals surface area (Å²) in [5.41, 5.74) is 2.56. The van der Waals surface area contributed by atoms with E-state index in [-0.39, 0.29) is 42.2 Å². The molecule has 0 spiro atoms. The largest absolute Gasteiger partial charge is 0.755 e. The molecular weight excluding hydrogens is 572 g/mol. The van der Waals surface area contributed by atoms with Crippen molar-refractivity contribution in [2.24, 2.45) is 0 Å². The third kappa shape index (κ3) is 8.45. The zero-order valence-electron chi connectivity index (χ0n) is 24.5. The summed E-state index contributed by atoms with van der Waals surface area (Å²) in [6.45, 7) is 0.336. The zero-order chi connectivity index (χ0) is 31.1. The van der Waals surface area contributed by atoms with Crippen LogP contribution in [0.25, 0.3) is 11.0 Å². The second-order valence-electron chi connectivity index (χ2n) is 10.1. The van der Waals surface area contributed by atoms with Crippen LogP contribution < -0.4 is 25.0 Å². The van der Waals surface area contributed by atoms with Crippen LogP contribution in [-0.4, -0.2) is 88.7 Å². The van der Waals surface area contributed by atoms with E-state index in [4.69, 9.17) is 4.74 Å². The average molecular weight is 606 g/mol. The summed E-state index contributed by atoms with van der Waals surface area (Å²) in [6.07, 6.45) is 0. The number of likely N-dealkylation sites (N-methyl/N-ethyl adjacent to an activating group) is 2. The SMILES string of the molecule is COc1cc(NC(=O)CN(C)C)cc(Nc2nc3ccccc3nc2N(c2cccc(NC(=O)CN(C)C)c2)S(=O)[O-])c1. The van der Waals surface area contributed by atoms with E-state index >= 15 is 0 Å². The Morgan fingerprint density at radius 1 is 0.814 bits per heavy atom. The first-order chi connectivity index (χ1) is 20.5. The van der Waals surface area contributed by atoms with Crippen LogP contribution in [0.1, 0.15) is 0 Å². The van der Waals surface area contributed by atoms with Gasteiger partial charge in [-0.3, -0.25) is 18.1 Å². The van der Waals surface area contributed by atoms with Gasteiger partial charge >= 0.3 is 0 Å². The van der Waals surface area contributed by atoms with Gasteiger partial charge in [-0.15, -0.1) is 0 Å². The first-order valence-corrected chi connectivity index (χ1v) is 14.2. The van der Waals surface area contributed by atoms with Crippen molar-refractivity contribution in [1.82, 2.24) is 19.8 Å². The average Bonchev–Trinajstić information content (AvgIpc) is 2.92. The van der Waals surface area contributed by atoms with Crippen LogP contribution in [0.2, 0.25) is 0 Å². The van der Waals surface area contributed by atoms with E-state index in [1.165, 1.54) is 13.2 Å². The lowest BCUT2D eigenvalue weighted by molar-refractivity contribution is -0.117. The maximum atomic E-state index is 12.7. The van der Waals surface area contributed by atoms with Crippen LogP contribution in [0.15, 0.2) is 66.7 Å². The van der Waals surface area contributed by atoms with Gasteiger partial charge in [0.05, 0.1) is 48.2 Å². The summed E-state index contributed by atoms with van der Waals surface area (Å²) in [4.78, 5) is 37.6. The maximum absolute atomic E-state index is 12.7. The number of hydrogen-bond acceptors (Lipinski definition) is 10. The van der Waals surface area contributed by atoms with Crippen LogP contribution >= 0.6 is 0 Å². The molecule has 3 N–H and O–H groups in total. The van der Waals surface area contributed by atoms with Crippen molar-refractivity contribution in [3.05, 3.63) is 66.7 Å². The summed E-state index contributed by atoms with van der Waals surface area (Å²) in [6, 6.07) is 18.5. The number of benzene rings is 3. The first kappa shape index (κ1) is 31.3. The molecule has 0 bridgehead atoms. The summed E-state index contributed by atoms with van der Waals surface area (Å²) < 4.78 is 31.9. The van der Waals surface area contributed by atoms with Gasteiger partial charge in [-0.2, -0.15) is 0 Å². The Balaban J connectivity index is 1.77. The standard InChI is InChI=1S/C29H34N8O5S/c1-35(2)17-26(38)30-19-9-8-10-22(14-19)37(43(40)41)29-28(33-24-11-6-7-12-25(24)34-29)32-21-13-20(15-23(16-21)42-5)31-27(39)18-36(3)4/h6-16H,17-18H2,1-5H3,(H,30,38)(H,31,39)(H,32,33)(H,40,41)/p-1. The summed E-state index contributed by atoms with van der Waals surface area (Å²) in [7, 11) is 8.62. The number of hydrogen-bond donors (Lipinski definition) is 3. The van der Waals surface area contributed by atoms with Crippen molar-refractivity contribution in [2.45, 2.75) is 0 Å². The fourth-order valence-electron chi connectivity index (χ4n) is 4.18. The fourth-order valence-corrected chi connectivity index (χ4v) is 4.73. The van der Waals surface area contributed by atoms with E-state index in [0.717, 1.165) is 4.31 Å². The molecule has 0 saturated carbocycles. The third-order valence-electron chi connectivity index (χ3n) is 5.87. The molecule has 0 aliphatic carbocycles. The Morgan fingerprint density at radius 3 is 2.02 bits per heavy atom. The van der Waals surface area contributed by atoms with Gasteiger partial charge in [-0.25, -0.2) is 9.97 Å². The van der Waals surface area contributed by atoms with E-state index in [1.807, 2.05) is 0 Å². The second kappa shape index (κ2) is 14.0. The van der Waals surface area contributed by atoms with Gasteiger partial charge in [0.2, 0.25) is 11.8 Å². The van der Waals surface area contributed by atoms with Crippen LogP contribution in [-0.2, 0) is 20.9 Å². The van der Waals surface area contributed by atoms with Crippen molar-refractivity contribution in [3.8, 4) is 5.75 Å². The predicted molar refractivity (Wildman–Crippen MR) is 168 cm³/mol. The minimum atomic E-state index is -2.84. The highest BCUT2D eigenvalue weighted by Crippen LogP contribution is 2.36. The summed E-state index contributed by atoms with van der Waals surface area (Å²) in [5.74, 6) is 0.0941. The number of methoxy groups -OCH3 is 1. The number of nitrogens with zero attached hydrogens (tertiary/aromatic N) is 5. The molecule has 2 amide bonds. The van der Waals surface area contributed by atoms with Gasteiger partial charge in [0.25, 0.3) is 0 Å². The minimum Gasteiger partial charge on any atom is -0.755 e. The summed E-state index contributed by atoms with van der Waals surface area (Å²) >= 11 is -2.84. The molecule has 4 rings (SSSR count). The Kier molecular flexibility index (Phi) is 10.2. The number of fused-ring (bicyclic) bond motifs is 1. The van der Waals surface area contributed by atoms with Crippen molar-refractivity contribution < 1.29 is 23.1 Å². The molecule has 0 saturated heterocycles. The molecule has 4 aromatic rings. The Bertz CT molecular complexity index is 1650.